The molecule has 0 aromatic carbocycles. The van der Waals surface area contributed by atoms with E-state index in [0.29, 0.717) is 11.9 Å². The molecule has 0 spiro atoms. The van der Waals surface area contributed by atoms with Crippen LogP contribution in [0, 0.1) is 0 Å². The van der Waals surface area contributed by atoms with Gasteiger partial charge in [0, 0.05) is 17.3 Å². The first-order valence-corrected chi connectivity index (χ1v) is 7.69. The van der Waals surface area contributed by atoms with Gasteiger partial charge >= 0.3 is 0 Å². The molecule has 1 aromatic heterocycles. The lowest BCUT2D eigenvalue weighted by Crippen LogP contribution is -2.32. The van der Waals surface area contributed by atoms with Crippen molar-refractivity contribution in [1.29, 1.82) is 0 Å². The van der Waals surface area contributed by atoms with Crippen molar-refractivity contribution < 1.29 is 0 Å². The highest BCUT2D eigenvalue weighted by atomic mass is 127. The molecule has 3 nitrogen and oxygen atoms in total. The minimum absolute atomic E-state index is 0. The van der Waals surface area contributed by atoms with Crippen molar-refractivity contribution in [3.8, 4) is 0 Å². The van der Waals surface area contributed by atoms with Crippen LogP contribution < -0.4 is 11.1 Å². The van der Waals surface area contributed by atoms with Crippen LogP contribution in [0.1, 0.15) is 50.3 Å². The number of halogens is 1. The van der Waals surface area contributed by atoms with Gasteiger partial charge in [0.2, 0.25) is 0 Å². The maximum Gasteiger partial charge on any atom is 0.188 e. The Bertz CT molecular complexity index is 338. The summed E-state index contributed by atoms with van der Waals surface area (Å²) in [4.78, 5) is 5.76. The lowest BCUT2D eigenvalue weighted by molar-refractivity contribution is 0.651. The van der Waals surface area contributed by atoms with E-state index in [1.165, 1.54) is 30.6 Å². The maximum absolute atomic E-state index is 5.83. The molecule has 0 radical (unpaired) electrons. The van der Waals surface area contributed by atoms with Gasteiger partial charge in [-0.25, -0.2) is 0 Å². The molecular weight excluding hydrogens is 369 g/mol. The Balaban J connectivity index is 0.00000324. The number of hydrogen-bond acceptors (Lipinski definition) is 2. The van der Waals surface area contributed by atoms with Crippen molar-refractivity contribution >= 4 is 41.3 Å². The molecule has 110 valence electrons. The molecule has 0 saturated carbocycles. The van der Waals surface area contributed by atoms with Crippen LogP contribution in [0.2, 0.25) is 0 Å². The topological polar surface area (TPSA) is 50.4 Å². The highest BCUT2D eigenvalue weighted by molar-refractivity contribution is 14.0. The maximum atomic E-state index is 5.83. The van der Waals surface area contributed by atoms with Gasteiger partial charge in [0.15, 0.2) is 5.96 Å². The van der Waals surface area contributed by atoms with Gasteiger partial charge in [-0.2, -0.15) is 0 Å². The Morgan fingerprint density at radius 3 is 2.84 bits per heavy atom. The van der Waals surface area contributed by atoms with Crippen molar-refractivity contribution in [2.24, 2.45) is 10.7 Å². The highest BCUT2D eigenvalue weighted by Crippen LogP contribution is 2.20. The monoisotopic (exact) mass is 395 g/mol. The molecule has 3 N–H and O–H groups in total. The van der Waals surface area contributed by atoms with E-state index in [1.54, 1.807) is 11.3 Å². The van der Waals surface area contributed by atoms with E-state index in [1.807, 2.05) is 0 Å². The van der Waals surface area contributed by atoms with Crippen LogP contribution in [0.15, 0.2) is 22.5 Å². The summed E-state index contributed by atoms with van der Waals surface area (Å²) >= 11 is 1.78. The Kier molecular flexibility index (Phi) is 11.3. The number of nitrogens with two attached hydrogens (primary N) is 1. The Hall–Kier alpha value is -0.300. The average Bonchev–Trinajstić information content (AvgIpc) is 2.89. The third-order valence-electron chi connectivity index (χ3n) is 2.90. The van der Waals surface area contributed by atoms with Gasteiger partial charge in [0.1, 0.15) is 0 Å². The molecular formula is C14H26IN3S. The molecule has 19 heavy (non-hydrogen) atoms. The number of hydrogen-bond donors (Lipinski definition) is 2. The molecule has 0 bridgehead atoms. The fraction of sp³-hybridized carbons (Fsp3) is 0.643. The standard InChI is InChI=1S/C14H25N3S.HI/c1-3-4-5-6-9-16-14(15)17-11-12(2)13-8-7-10-18-13;/h7-8,10,12H,3-6,9,11H2,1-2H3,(H3,15,16,17);1H. The van der Waals surface area contributed by atoms with Gasteiger partial charge in [0.05, 0.1) is 6.54 Å². The van der Waals surface area contributed by atoms with Gasteiger partial charge in [0.25, 0.3) is 0 Å². The Morgan fingerprint density at radius 1 is 1.42 bits per heavy atom. The average molecular weight is 395 g/mol. The third kappa shape index (κ3) is 8.47. The highest BCUT2D eigenvalue weighted by Gasteiger charge is 2.05. The molecule has 0 aliphatic carbocycles. The summed E-state index contributed by atoms with van der Waals surface area (Å²) in [6, 6.07) is 4.23. The molecule has 0 aliphatic heterocycles. The largest absolute Gasteiger partial charge is 0.370 e. The van der Waals surface area contributed by atoms with Crippen molar-refractivity contribution in [3.63, 3.8) is 0 Å². The van der Waals surface area contributed by atoms with Crippen LogP contribution >= 0.6 is 35.3 Å². The van der Waals surface area contributed by atoms with E-state index >= 15 is 0 Å². The fourth-order valence-corrected chi connectivity index (χ4v) is 2.50. The van der Waals surface area contributed by atoms with E-state index in [0.717, 1.165) is 13.1 Å². The van der Waals surface area contributed by atoms with Crippen LogP contribution in [0.25, 0.3) is 0 Å². The number of thiophene rings is 1. The summed E-state index contributed by atoms with van der Waals surface area (Å²) in [5, 5.41) is 5.28. The zero-order valence-corrected chi connectivity index (χ0v) is 15.0. The third-order valence-corrected chi connectivity index (χ3v) is 4.00. The summed E-state index contributed by atoms with van der Waals surface area (Å²) in [7, 11) is 0. The second-order valence-corrected chi connectivity index (χ2v) is 5.61. The molecule has 1 rings (SSSR count). The number of unbranched alkanes of at least 4 members (excludes halogenated alkanes) is 3. The van der Waals surface area contributed by atoms with Gasteiger partial charge in [-0.1, -0.05) is 39.2 Å². The minimum Gasteiger partial charge on any atom is -0.370 e. The second-order valence-electron chi connectivity index (χ2n) is 4.63. The zero-order chi connectivity index (χ0) is 13.2. The summed E-state index contributed by atoms with van der Waals surface area (Å²) in [5.41, 5.74) is 5.83. The van der Waals surface area contributed by atoms with Crippen LogP contribution in [0.4, 0.5) is 0 Å². The van der Waals surface area contributed by atoms with Gasteiger partial charge < -0.3 is 11.1 Å². The summed E-state index contributed by atoms with van der Waals surface area (Å²) < 4.78 is 0. The quantitative estimate of drug-likeness (QED) is 0.303. The predicted molar refractivity (Wildman–Crippen MR) is 96.8 cm³/mol. The van der Waals surface area contributed by atoms with Crippen LogP contribution in [-0.2, 0) is 0 Å². The second kappa shape index (κ2) is 11.5. The number of nitrogens with one attached hydrogen (secondary N) is 1. The zero-order valence-electron chi connectivity index (χ0n) is 11.9. The fourth-order valence-electron chi connectivity index (χ4n) is 1.72. The van der Waals surface area contributed by atoms with Crippen molar-refractivity contribution in [2.45, 2.75) is 45.4 Å². The number of guanidine groups is 1. The van der Waals surface area contributed by atoms with E-state index < -0.39 is 0 Å². The first kappa shape index (κ1) is 18.7. The van der Waals surface area contributed by atoms with Crippen molar-refractivity contribution in [3.05, 3.63) is 22.4 Å². The van der Waals surface area contributed by atoms with Gasteiger partial charge in [-0.15, -0.1) is 35.3 Å². The molecule has 1 unspecified atom stereocenters. The predicted octanol–water partition coefficient (Wildman–Crippen LogP) is 3.95. The van der Waals surface area contributed by atoms with Gasteiger partial charge in [-0.05, 0) is 17.9 Å². The molecule has 0 saturated heterocycles. The van der Waals surface area contributed by atoms with Crippen LogP contribution in [0.5, 0.6) is 0 Å². The number of aliphatic imine (C=N–C) groups is 1. The molecule has 0 amide bonds. The lowest BCUT2D eigenvalue weighted by atomic mass is 10.1. The van der Waals surface area contributed by atoms with E-state index in [9.17, 15) is 0 Å². The van der Waals surface area contributed by atoms with Crippen molar-refractivity contribution in [2.75, 3.05) is 13.1 Å². The van der Waals surface area contributed by atoms with Crippen LogP contribution in [-0.4, -0.2) is 19.0 Å². The van der Waals surface area contributed by atoms with E-state index in [4.69, 9.17) is 5.73 Å². The Labute approximate surface area is 138 Å². The summed E-state index contributed by atoms with van der Waals surface area (Å²) in [6.45, 7) is 6.09. The summed E-state index contributed by atoms with van der Waals surface area (Å²) in [6.07, 6.45) is 5.00. The Morgan fingerprint density at radius 2 is 2.21 bits per heavy atom. The molecule has 5 heteroatoms. The normalized spacial score (nSPS) is 12.8. The summed E-state index contributed by atoms with van der Waals surface area (Å²) in [5.74, 6) is 1.03. The first-order valence-electron chi connectivity index (χ1n) is 6.81. The smallest absolute Gasteiger partial charge is 0.188 e. The van der Waals surface area contributed by atoms with Crippen LogP contribution in [0.3, 0.4) is 0 Å². The minimum atomic E-state index is 0. The number of rotatable bonds is 8. The molecule has 1 atom stereocenters. The van der Waals surface area contributed by atoms with E-state index in [-0.39, 0.29) is 24.0 Å². The van der Waals surface area contributed by atoms with Gasteiger partial charge in [-0.3, -0.25) is 4.99 Å². The molecule has 0 aliphatic rings. The molecule has 1 heterocycles. The van der Waals surface area contributed by atoms with E-state index in [2.05, 4.69) is 41.7 Å². The molecule has 0 fully saturated rings. The lowest BCUT2D eigenvalue weighted by Gasteiger charge is -2.08. The number of nitrogens with zero attached hydrogens (tertiary/aromatic N) is 1. The molecule has 1 aromatic rings. The first-order chi connectivity index (χ1) is 8.74. The SMILES string of the molecule is CCCCCCNC(N)=NCC(C)c1cccs1.I. The van der Waals surface area contributed by atoms with Crippen molar-refractivity contribution in [1.82, 2.24) is 5.32 Å².